The predicted molar refractivity (Wildman–Crippen MR) is 216 cm³/mol. The van der Waals surface area contributed by atoms with Crippen LogP contribution in [-0.4, -0.2) is 98.1 Å². The molecule has 0 aromatic carbocycles. The van der Waals surface area contributed by atoms with Crippen LogP contribution in [-0.2, 0) is 57.3 Å². The largest absolute Gasteiger partial charge is 0.464 e. The first-order valence-corrected chi connectivity index (χ1v) is 21.8. The predicted octanol–water partition coefficient (Wildman–Crippen LogP) is 4.77. The van der Waals surface area contributed by atoms with Gasteiger partial charge in [0.2, 0.25) is 23.6 Å². The summed E-state index contributed by atoms with van der Waals surface area (Å²) in [5, 5.41) is 10.3. The number of esters is 4. The average molecular weight is 825 g/mol. The average Bonchev–Trinajstić information content (AvgIpc) is 4.04. The van der Waals surface area contributed by atoms with E-state index in [1.165, 1.54) is 32.1 Å². The second-order valence-electron chi connectivity index (χ2n) is 14.8. The van der Waals surface area contributed by atoms with Crippen molar-refractivity contribution in [1.29, 1.82) is 0 Å². The maximum absolute atomic E-state index is 11.4. The normalized spacial score (nSPS) is 20.3. The fourth-order valence-electron chi connectivity index (χ4n) is 5.99. The maximum Gasteiger partial charge on any atom is 0.328 e. The molecule has 0 spiro atoms. The van der Waals surface area contributed by atoms with E-state index in [4.69, 9.17) is 18.9 Å². The summed E-state index contributed by atoms with van der Waals surface area (Å²) in [6, 6.07) is -1.60. The Kier molecular flexibility index (Phi) is 29.2. The molecule has 4 N–H and O–H groups in total. The lowest BCUT2D eigenvalue weighted by Gasteiger charge is -2.09. The minimum atomic E-state index is -0.400. The Bertz CT molecular complexity index is 1260. The van der Waals surface area contributed by atoms with Crippen molar-refractivity contribution >= 4 is 47.5 Å². The van der Waals surface area contributed by atoms with Gasteiger partial charge in [0.05, 0.1) is 26.4 Å². The first kappa shape index (κ1) is 51.8. The molecular weight excluding hydrogens is 752 g/mol. The summed E-state index contributed by atoms with van der Waals surface area (Å²) in [7, 11) is 0. The topological polar surface area (TPSA) is 222 Å². The van der Waals surface area contributed by atoms with Gasteiger partial charge in [-0.15, -0.1) is 0 Å². The summed E-state index contributed by atoms with van der Waals surface area (Å²) >= 11 is 0. The van der Waals surface area contributed by atoms with Crippen LogP contribution in [0.4, 0.5) is 0 Å². The Morgan fingerprint density at radius 1 is 0.379 bits per heavy atom. The summed E-state index contributed by atoms with van der Waals surface area (Å²) in [5.41, 5.74) is 0. The van der Waals surface area contributed by atoms with Crippen molar-refractivity contribution in [3.05, 3.63) is 0 Å². The van der Waals surface area contributed by atoms with E-state index in [9.17, 15) is 38.4 Å². The molecule has 4 aliphatic rings. The number of carbonyl (C=O) groups is 8. The van der Waals surface area contributed by atoms with E-state index >= 15 is 0 Å². The molecule has 4 fully saturated rings. The zero-order chi connectivity index (χ0) is 43.0. The lowest BCUT2D eigenvalue weighted by atomic mass is 10.2. The minimum Gasteiger partial charge on any atom is -0.464 e. The standard InChI is InChI=1S/C12H21NO3.C11H19NO3.C10H17NO3.C9H15NO3/c1-2-3-4-5-6-9-16-12(15)10-7-8-11(14)13-10;1-2-3-4-5-8-15-11(14)9-6-7-10(13)12-9;1-2-3-4-7-14-10(13)8-5-6-9(12)11-8;1-2-3-6-13-9(12)7-4-5-8(11)10-7/h10H,2-9H2,1H3,(H,13,14);9H,2-8H2,1H3,(H,12,13);8H,2-7H2,1H3,(H,11,12);7H,2-6H2,1H3,(H,10,11)/t10-;9-;8-;7-/m0000/s1. The van der Waals surface area contributed by atoms with Crippen molar-refractivity contribution in [1.82, 2.24) is 21.3 Å². The molecule has 4 rings (SSSR count). The molecule has 4 atom stereocenters. The molecule has 4 heterocycles. The molecule has 4 amide bonds. The molecule has 16 nitrogen and oxygen atoms in total. The van der Waals surface area contributed by atoms with Gasteiger partial charge in [-0.2, -0.15) is 0 Å². The summed E-state index contributed by atoms with van der Waals surface area (Å²) in [6.45, 7) is 10.3. The highest BCUT2D eigenvalue weighted by Crippen LogP contribution is 2.12. The molecule has 0 aliphatic carbocycles. The molecule has 0 aromatic heterocycles. The van der Waals surface area contributed by atoms with Crippen LogP contribution in [0.25, 0.3) is 0 Å². The second-order valence-corrected chi connectivity index (χ2v) is 14.8. The van der Waals surface area contributed by atoms with Gasteiger partial charge >= 0.3 is 23.9 Å². The van der Waals surface area contributed by atoms with Gasteiger partial charge in [0.15, 0.2) is 0 Å². The van der Waals surface area contributed by atoms with Crippen LogP contribution in [0, 0.1) is 0 Å². The van der Waals surface area contributed by atoms with Crippen LogP contribution in [0.5, 0.6) is 0 Å². The van der Waals surface area contributed by atoms with Crippen molar-refractivity contribution < 1.29 is 57.3 Å². The molecule has 58 heavy (non-hydrogen) atoms. The fraction of sp³-hybridized carbons (Fsp3) is 0.810. The zero-order valence-corrected chi connectivity index (χ0v) is 35.6. The monoisotopic (exact) mass is 825 g/mol. The quantitative estimate of drug-likeness (QED) is 0.0659. The van der Waals surface area contributed by atoms with Crippen LogP contribution < -0.4 is 21.3 Å². The van der Waals surface area contributed by atoms with Crippen LogP contribution in [0.1, 0.15) is 169 Å². The second kappa shape index (κ2) is 32.7. The minimum absolute atomic E-state index is 0.0510. The number of carbonyl (C=O) groups excluding carboxylic acids is 8. The SMILES string of the molecule is CCCCCCCOC(=O)[C@@H]1CCC(=O)N1.CCCCCCOC(=O)[C@@H]1CCC(=O)N1.CCCCCOC(=O)[C@@H]1CCC(=O)N1.CCCCOC(=O)[C@@H]1CCC(=O)N1. The molecule has 0 radical (unpaired) electrons. The fourth-order valence-corrected chi connectivity index (χ4v) is 5.99. The van der Waals surface area contributed by atoms with Gasteiger partial charge in [0.1, 0.15) is 24.2 Å². The molecule has 4 saturated heterocycles. The number of ether oxygens (including phenoxy) is 4. The number of nitrogens with one attached hydrogen (secondary N) is 4. The summed E-state index contributed by atoms with van der Waals surface area (Å²) in [6.07, 6.45) is 19.1. The van der Waals surface area contributed by atoms with E-state index in [2.05, 4.69) is 42.0 Å². The number of rotatable bonds is 22. The van der Waals surface area contributed by atoms with Gasteiger partial charge in [-0.1, -0.05) is 91.9 Å². The maximum atomic E-state index is 11.4. The van der Waals surface area contributed by atoms with Crippen molar-refractivity contribution in [3.63, 3.8) is 0 Å². The van der Waals surface area contributed by atoms with Gasteiger partial charge in [0, 0.05) is 25.7 Å². The zero-order valence-electron chi connectivity index (χ0n) is 35.6. The molecule has 16 heteroatoms. The van der Waals surface area contributed by atoms with Crippen molar-refractivity contribution in [3.8, 4) is 0 Å². The summed E-state index contributed by atoms with van der Waals surface area (Å²) in [5.74, 6) is -1.35. The molecule has 332 valence electrons. The lowest BCUT2D eigenvalue weighted by molar-refractivity contribution is -0.147. The van der Waals surface area contributed by atoms with E-state index in [0.29, 0.717) is 77.8 Å². The van der Waals surface area contributed by atoms with Gasteiger partial charge in [-0.05, 0) is 51.4 Å². The van der Waals surface area contributed by atoms with Crippen molar-refractivity contribution in [2.75, 3.05) is 26.4 Å². The van der Waals surface area contributed by atoms with Gasteiger partial charge in [-0.25, -0.2) is 19.2 Å². The number of hydrogen-bond donors (Lipinski definition) is 4. The van der Waals surface area contributed by atoms with Crippen LogP contribution in [0.2, 0.25) is 0 Å². The van der Waals surface area contributed by atoms with E-state index in [0.717, 1.165) is 57.8 Å². The molecule has 4 aliphatic heterocycles. The first-order chi connectivity index (χ1) is 27.9. The number of amides is 4. The third-order valence-corrected chi connectivity index (χ3v) is 9.59. The van der Waals surface area contributed by atoms with E-state index in [1.54, 1.807) is 0 Å². The number of unbranched alkanes of at least 4 members (excludes halogenated alkanes) is 10. The first-order valence-electron chi connectivity index (χ1n) is 21.8. The third kappa shape index (κ3) is 24.5. The van der Waals surface area contributed by atoms with Crippen LogP contribution in [0.15, 0.2) is 0 Å². The molecular formula is C42H72N4O12. The Labute approximate surface area is 345 Å². The van der Waals surface area contributed by atoms with Gasteiger partial charge < -0.3 is 40.2 Å². The summed E-state index contributed by atoms with van der Waals surface area (Å²) in [4.78, 5) is 88.7. The highest BCUT2D eigenvalue weighted by atomic mass is 16.5. The van der Waals surface area contributed by atoms with E-state index < -0.39 is 24.2 Å². The van der Waals surface area contributed by atoms with Gasteiger partial charge in [-0.3, -0.25) is 19.2 Å². The highest BCUT2D eigenvalue weighted by Gasteiger charge is 2.30. The Balaban J connectivity index is 0.000000388. The number of hydrogen-bond acceptors (Lipinski definition) is 12. The molecule has 0 aromatic rings. The Morgan fingerprint density at radius 3 is 0.862 bits per heavy atom. The summed E-state index contributed by atoms with van der Waals surface area (Å²) < 4.78 is 20.2. The van der Waals surface area contributed by atoms with Crippen molar-refractivity contribution in [2.24, 2.45) is 0 Å². The Morgan fingerprint density at radius 2 is 0.603 bits per heavy atom. The van der Waals surface area contributed by atoms with Gasteiger partial charge in [0.25, 0.3) is 0 Å². The molecule has 0 saturated carbocycles. The smallest absolute Gasteiger partial charge is 0.328 e. The lowest BCUT2D eigenvalue weighted by Crippen LogP contribution is -2.34. The van der Waals surface area contributed by atoms with Crippen molar-refractivity contribution in [2.45, 2.75) is 193 Å². The van der Waals surface area contributed by atoms with E-state index in [1.807, 2.05) is 6.92 Å². The third-order valence-electron chi connectivity index (χ3n) is 9.59. The highest BCUT2D eigenvalue weighted by molar-refractivity contribution is 5.89. The molecule has 0 bridgehead atoms. The van der Waals surface area contributed by atoms with E-state index in [-0.39, 0.29) is 47.5 Å². The van der Waals surface area contributed by atoms with Crippen LogP contribution in [0.3, 0.4) is 0 Å². The Hall–Kier alpha value is -4.24. The van der Waals surface area contributed by atoms with Crippen LogP contribution >= 0.6 is 0 Å². The molecule has 0 unspecified atom stereocenters.